The zero-order valence-corrected chi connectivity index (χ0v) is 11.3. The van der Waals surface area contributed by atoms with Crippen molar-refractivity contribution in [3.63, 3.8) is 0 Å². The Kier molecular flexibility index (Phi) is 4.13. The number of nitrogens with one attached hydrogen (secondary N) is 1. The quantitative estimate of drug-likeness (QED) is 0.844. The molecule has 0 unspecified atom stereocenters. The van der Waals surface area contributed by atoms with E-state index in [4.69, 9.17) is 23.2 Å². The first-order chi connectivity index (χ1) is 8.56. The molecule has 0 aliphatic heterocycles. The minimum Gasteiger partial charge on any atom is -0.345 e. The number of carbonyl (C=O) groups excluding carboxylic acids is 1. The molecule has 1 amide bonds. The van der Waals surface area contributed by atoms with Crippen LogP contribution in [0.2, 0.25) is 5.02 Å². The van der Waals surface area contributed by atoms with E-state index in [1.54, 1.807) is 0 Å². The fourth-order valence-electron chi connectivity index (χ4n) is 2.29. The number of hydrogen-bond acceptors (Lipinski definition) is 1. The summed E-state index contributed by atoms with van der Waals surface area (Å²) < 4.78 is 13.0. The van der Waals surface area contributed by atoms with E-state index in [0.29, 0.717) is 11.4 Å². The summed E-state index contributed by atoms with van der Waals surface area (Å²) in [6, 6.07) is 3.95. The lowest BCUT2D eigenvalue weighted by Crippen LogP contribution is -2.47. The normalized spacial score (nSPS) is 17.7. The first-order valence-electron chi connectivity index (χ1n) is 5.90. The van der Waals surface area contributed by atoms with Gasteiger partial charge in [0.25, 0.3) is 5.91 Å². The van der Waals surface area contributed by atoms with Crippen LogP contribution in [0.5, 0.6) is 0 Å². The van der Waals surface area contributed by atoms with Gasteiger partial charge < -0.3 is 5.32 Å². The van der Waals surface area contributed by atoms with Crippen molar-refractivity contribution < 1.29 is 9.18 Å². The number of hydrogen-bond donors (Lipinski definition) is 1. The van der Waals surface area contributed by atoms with Gasteiger partial charge in [0.2, 0.25) is 0 Å². The molecule has 1 aromatic carbocycles. The average molecular weight is 290 g/mol. The van der Waals surface area contributed by atoms with Crippen molar-refractivity contribution in [2.45, 2.75) is 31.2 Å². The van der Waals surface area contributed by atoms with Crippen LogP contribution in [0.3, 0.4) is 0 Å². The highest BCUT2D eigenvalue weighted by Gasteiger charge is 2.34. The summed E-state index contributed by atoms with van der Waals surface area (Å²) in [5.41, 5.74) is 0.0391. The van der Waals surface area contributed by atoms with Gasteiger partial charge in [-0.25, -0.2) is 4.39 Å². The van der Waals surface area contributed by atoms with E-state index < -0.39 is 5.82 Å². The van der Waals surface area contributed by atoms with Crippen LogP contribution in [-0.2, 0) is 0 Å². The maximum Gasteiger partial charge on any atom is 0.251 e. The van der Waals surface area contributed by atoms with Crippen molar-refractivity contribution in [3.8, 4) is 0 Å². The fourth-order valence-corrected chi connectivity index (χ4v) is 2.81. The molecule has 1 fully saturated rings. The minimum atomic E-state index is -0.527. The maximum atomic E-state index is 13.0. The lowest BCUT2D eigenvalue weighted by Gasteiger charge is -2.27. The second kappa shape index (κ2) is 5.45. The Hall–Kier alpha value is -0.800. The summed E-state index contributed by atoms with van der Waals surface area (Å²) in [5.74, 6) is -0.381. The van der Waals surface area contributed by atoms with Gasteiger partial charge in [0.1, 0.15) is 5.82 Å². The molecule has 18 heavy (non-hydrogen) atoms. The van der Waals surface area contributed by atoms with E-state index in [0.717, 1.165) is 25.7 Å². The molecule has 1 aromatic rings. The molecule has 2 rings (SSSR count). The highest BCUT2D eigenvalue weighted by atomic mass is 35.5. The second-order valence-electron chi connectivity index (χ2n) is 4.70. The van der Waals surface area contributed by atoms with Gasteiger partial charge in [0.15, 0.2) is 0 Å². The molecule has 0 heterocycles. The molecule has 0 spiro atoms. The summed E-state index contributed by atoms with van der Waals surface area (Å²) in [6.07, 6.45) is 3.91. The number of amides is 1. The monoisotopic (exact) mass is 289 g/mol. The van der Waals surface area contributed by atoms with Crippen molar-refractivity contribution in [3.05, 3.63) is 34.6 Å². The topological polar surface area (TPSA) is 29.1 Å². The lowest BCUT2D eigenvalue weighted by molar-refractivity contribution is 0.0909. The first-order valence-corrected chi connectivity index (χ1v) is 6.81. The third-order valence-electron chi connectivity index (χ3n) is 3.38. The van der Waals surface area contributed by atoms with Crippen LogP contribution < -0.4 is 5.32 Å². The van der Waals surface area contributed by atoms with Gasteiger partial charge in [-0.3, -0.25) is 4.79 Å². The molecule has 1 N–H and O–H groups in total. The summed E-state index contributed by atoms with van der Waals surface area (Å²) in [7, 11) is 0. The number of carbonyl (C=O) groups is 1. The molecule has 1 aliphatic rings. The molecule has 5 heteroatoms. The van der Waals surface area contributed by atoms with Crippen molar-refractivity contribution in [1.82, 2.24) is 5.32 Å². The molecule has 0 radical (unpaired) electrons. The molecule has 1 saturated carbocycles. The minimum absolute atomic E-state index is 0.0472. The molecule has 0 bridgehead atoms. The van der Waals surface area contributed by atoms with E-state index in [9.17, 15) is 9.18 Å². The van der Waals surface area contributed by atoms with Gasteiger partial charge in [-0.05, 0) is 31.0 Å². The number of benzene rings is 1. The molecule has 2 nitrogen and oxygen atoms in total. The third-order valence-corrected chi connectivity index (χ3v) is 4.18. The van der Waals surface area contributed by atoms with Crippen LogP contribution in [0, 0.1) is 5.82 Å². The van der Waals surface area contributed by atoms with Crippen LogP contribution in [0.1, 0.15) is 36.0 Å². The summed E-state index contributed by atoms with van der Waals surface area (Å²) in [4.78, 5) is 12.1. The Morgan fingerprint density at radius 1 is 1.39 bits per heavy atom. The van der Waals surface area contributed by atoms with E-state index in [-0.39, 0.29) is 16.5 Å². The number of alkyl halides is 1. The van der Waals surface area contributed by atoms with Gasteiger partial charge in [-0.2, -0.15) is 0 Å². The van der Waals surface area contributed by atoms with Crippen LogP contribution in [0.25, 0.3) is 0 Å². The lowest BCUT2D eigenvalue weighted by atomic mass is 9.99. The van der Waals surface area contributed by atoms with Crippen molar-refractivity contribution in [1.29, 1.82) is 0 Å². The Morgan fingerprint density at radius 2 is 2.06 bits per heavy atom. The zero-order chi connectivity index (χ0) is 13.2. The van der Waals surface area contributed by atoms with Gasteiger partial charge in [-0.1, -0.05) is 24.4 Å². The fraction of sp³-hybridized carbons (Fsp3) is 0.462. The smallest absolute Gasteiger partial charge is 0.251 e. The van der Waals surface area contributed by atoms with E-state index >= 15 is 0 Å². The molecule has 1 aliphatic carbocycles. The molecule has 0 saturated heterocycles. The highest BCUT2D eigenvalue weighted by Crippen LogP contribution is 2.31. The van der Waals surface area contributed by atoms with Crippen molar-refractivity contribution in [2.24, 2.45) is 0 Å². The third kappa shape index (κ3) is 2.78. The Labute approximate surface area is 115 Å². The predicted molar refractivity (Wildman–Crippen MR) is 70.8 cm³/mol. The second-order valence-corrected chi connectivity index (χ2v) is 5.38. The molecule has 0 aromatic heterocycles. The standard InChI is InChI=1S/C13H14Cl2FNO/c14-8-13(5-1-2-6-13)17-12(18)9-3-4-11(16)10(15)7-9/h3-4,7H,1-2,5-6,8H2,(H,17,18). The van der Waals surface area contributed by atoms with Gasteiger partial charge >= 0.3 is 0 Å². The molecular weight excluding hydrogens is 276 g/mol. The molecule has 0 atom stereocenters. The van der Waals surface area contributed by atoms with Crippen LogP contribution in [0.15, 0.2) is 18.2 Å². The van der Waals surface area contributed by atoms with E-state index in [2.05, 4.69) is 5.32 Å². The highest BCUT2D eigenvalue weighted by molar-refractivity contribution is 6.31. The Bertz CT molecular complexity index is 458. The summed E-state index contributed by atoms with van der Waals surface area (Å²) in [6.45, 7) is 0. The van der Waals surface area contributed by atoms with E-state index in [1.165, 1.54) is 18.2 Å². The first kappa shape index (κ1) is 13.6. The molecule has 98 valence electrons. The summed E-state index contributed by atoms with van der Waals surface area (Å²) in [5, 5.41) is 2.91. The largest absolute Gasteiger partial charge is 0.345 e. The van der Waals surface area contributed by atoms with Crippen LogP contribution in [-0.4, -0.2) is 17.3 Å². The van der Waals surface area contributed by atoms with Crippen molar-refractivity contribution >= 4 is 29.1 Å². The number of halogens is 3. The van der Waals surface area contributed by atoms with Gasteiger partial charge in [-0.15, -0.1) is 11.6 Å². The number of rotatable bonds is 3. The summed E-state index contributed by atoms with van der Waals surface area (Å²) >= 11 is 11.6. The zero-order valence-electron chi connectivity index (χ0n) is 9.81. The maximum absolute atomic E-state index is 13.0. The average Bonchev–Trinajstić information content (AvgIpc) is 2.82. The molecular formula is C13H14Cl2FNO. The van der Waals surface area contributed by atoms with E-state index in [1.807, 2.05) is 0 Å². The Balaban J connectivity index is 2.13. The van der Waals surface area contributed by atoms with Gasteiger partial charge in [0.05, 0.1) is 10.6 Å². The predicted octanol–water partition coefficient (Wildman–Crippen LogP) is 3.76. The Morgan fingerprint density at radius 3 is 2.61 bits per heavy atom. The van der Waals surface area contributed by atoms with Crippen molar-refractivity contribution in [2.75, 3.05) is 5.88 Å². The van der Waals surface area contributed by atoms with Crippen LogP contribution in [0.4, 0.5) is 4.39 Å². The van der Waals surface area contributed by atoms with Crippen LogP contribution >= 0.6 is 23.2 Å². The van der Waals surface area contributed by atoms with Gasteiger partial charge in [0, 0.05) is 11.4 Å². The SMILES string of the molecule is O=C(NC1(CCl)CCCC1)c1ccc(F)c(Cl)c1.